The summed E-state index contributed by atoms with van der Waals surface area (Å²) in [4.78, 5) is 0. The Labute approximate surface area is 58.1 Å². The summed E-state index contributed by atoms with van der Waals surface area (Å²) in [5.41, 5.74) is 3.39. The van der Waals surface area contributed by atoms with Gasteiger partial charge in [-0.2, -0.15) is 11.3 Å². The fourth-order valence-electron chi connectivity index (χ4n) is 0.635. The molecule has 0 aliphatic rings. The number of thiophene rings is 1. The fraction of sp³-hybridized carbons (Fsp3) is 0.333. The summed E-state index contributed by atoms with van der Waals surface area (Å²) in [6.07, 6.45) is 0.903. The van der Waals surface area contributed by atoms with Gasteiger partial charge in [0.15, 0.2) is 0 Å². The van der Waals surface area contributed by atoms with Crippen molar-refractivity contribution < 1.29 is 5.21 Å². The van der Waals surface area contributed by atoms with Crippen molar-refractivity contribution in [2.24, 2.45) is 0 Å². The largest absolute Gasteiger partial charge is 0.317 e. The SMILES string of the molecule is ONCCc1ccsc1. The van der Waals surface area contributed by atoms with Crippen LogP contribution >= 0.6 is 11.3 Å². The highest BCUT2D eigenvalue weighted by atomic mass is 32.1. The van der Waals surface area contributed by atoms with Crippen molar-refractivity contribution in [2.45, 2.75) is 6.42 Å². The van der Waals surface area contributed by atoms with E-state index in [2.05, 4.69) is 16.9 Å². The van der Waals surface area contributed by atoms with Crippen molar-refractivity contribution in [3.8, 4) is 0 Å². The van der Waals surface area contributed by atoms with Crippen LogP contribution in [0.1, 0.15) is 5.56 Å². The summed E-state index contributed by atoms with van der Waals surface area (Å²) >= 11 is 1.68. The van der Waals surface area contributed by atoms with Crippen LogP contribution in [0.4, 0.5) is 0 Å². The molecule has 0 atom stereocenters. The van der Waals surface area contributed by atoms with Crippen LogP contribution in [0.15, 0.2) is 16.8 Å². The van der Waals surface area contributed by atoms with E-state index in [0.717, 1.165) is 6.42 Å². The van der Waals surface area contributed by atoms with E-state index in [-0.39, 0.29) is 0 Å². The molecule has 0 aliphatic carbocycles. The molecule has 1 rings (SSSR count). The summed E-state index contributed by atoms with van der Waals surface area (Å²) in [5, 5.41) is 12.3. The molecule has 0 unspecified atom stereocenters. The van der Waals surface area contributed by atoms with Gasteiger partial charge in [0.2, 0.25) is 0 Å². The fourth-order valence-corrected chi connectivity index (χ4v) is 1.34. The summed E-state index contributed by atoms with van der Waals surface area (Å²) in [6.45, 7) is 0.636. The molecule has 1 heterocycles. The molecule has 0 saturated carbocycles. The first-order valence-corrected chi connectivity index (χ1v) is 3.76. The minimum Gasteiger partial charge on any atom is -0.317 e. The highest BCUT2D eigenvalue weighted by Gasteiger charge is 1.89. The van der Waals surface area contributed by atoms with Gasteiger partial charge in [-0.1, -0.05) is 0 Å². The Morgan fingerprint density at radius 3 is 3.11 bits per heavy atom. The van der Waals surface area contributed by atoms with Crippen LogP contribution in [0, 0.1) is 0 Å². The first kappa shape index (κ1) is 6.74. The molecule has 0 bridgehead atoms. The minimum atomic E-state index is 0.636. The number of hydrogen-bond donors (Lipinski definition) is 2. The maximum absolute atomic E-state index is 8.22. The Balaban J connectivity index is 2.30. The molecule has 2 N–H and O–H groups in total. The lowest BCUT2D eigenvalue weighted by Gasteiger charge is -1.92. The van der Waals surface area contributed by atoms with Gasteiger partial charge >= 0.3 is 0 Å². The molecule has 50 valence electrons. The molecule has 0 saturated heterocycles. The zero-order valence-corrected chi connectivity index (χ0v) is 5.82. The summed E-state index contributed by atoms with van der Waals surface area (Å²) in [5.74, 6) is 0. The Bertz CT molecular complexity index is 150. The Morgan fingerprint density at radius 2 is 2.56 bits per heavy atom. The number of hydrogen-bond acceptors (Lipinski definition) is 3. The molecular weight excluding hydrogens is 134 g/mol. The summed E-state index contributed by atoms with van der Waals surface area (Å²) < 4.78 is 0. The van der Waals surface area contributed by atoms with E-state index in [1.165, 1.54) is 5.56 Å². The molecule has 0 aromatic carbocycles. The molecule has 0 amide bonds. The molecule has 0 spiro atoms. The summed E-state index contributed by atoms with van der Waals surface area (Å²) in [7, 11) is 0. The zero-order chi connectivity index (χ0) is 6.53. The normalized spacial score (nSPS) is 9.89. The van der Waals surface area contributed by atoms with E-state index in [1.807, 2.05) is 5.38 Å². The lowest BCUT2D eigenvalue weighted by molar-refractivity contribution is 0.168. The average molecular weight is 143 g/mol. The predicted octanol–water partition coefficient (Wildman–Crippen LogP) is 1.27. The van der Waals surface area contributed by atoms with Crippen LogP contribution < -0.4 is 5.48 Å². The van der Waals surface area contributed by atoms with Crippen LogP contribution in [0.3, 0.4) is 0 Å². The molecule has 1 aromatic rings. The second-order valence-corrected chi connectivity index (χ2v) is 2.57. The summed E-state index contributed by atoms with van der Waals surface area (Å²) in [6, 6.07) is 2.06. The van der Waals surface area contributed by atoms with Gasteiger partial charge in [-0.25, -0.2) is 5.48 Å². The lowest BCUT2D eigenvalue weighted by Crippen LogP contribution is -2.10. The second kappa shape index (κ2) is 3.61. The topological polar surface area (TPSA) is 32.3 Å². The van der Waals surface area contributed by atoms with Gasteiger partial charge in [-0.15, -0.1) is 0 Å². The molecule has 0 fully saturated rings. The first-order valence-electron chi connectivity index (χ1n) is 2.81. The van der Waals surface area contributed by atoms with Crippen LogP contribution in [-0.4, -0.2) is 11.8 Å². The van der Waals surface area contributed by atoms with Crippen LogP contribution in [0.2, 0.25) is 0 Å². The van der Waals surface area contributed by atoms with Crippen molar-refractivity contribution >= 4 is 11.3 Å². The van der Waals surface area contributed by atoms with Crippen LogP contribution in [0.5, 0.6) is 0 Å². The monoisotopic (exact) mass is 143 g/mol. The first-order chi connectivity index (χ1) is 4.43. The molecule has 1 aromatic heterocycles. The molecule has 0 aliphatic heterocycles. The van der Waals surface area contributed by atoms with E-state index in [0.29, 0.717) is 6.54 Å². The second-order valence-electron chi connectivity index (χ2n) is 1.79. The van der Waals surface area contributed by atoms with Gasteiger partial charge in [0.1, 0.15) is 0 Å². The van der Waals surface area contributed by atoms with E-state index < -0.39 is 0 Å². The van der Waals surface area contributed by atoms with Crippen molar-refractivity contribution in [1.82, 2.24) is 5.48 Å². The van der Waals surface area contributed by atoms with Gasteiger partial charge in [0.25, 0.3) is 0 Å². The Morgan fingerprint density at radius 1 is 1.67 bits per heavy atom. The number of rotatable bonds is 3. The maximum Gasteiger partial charge on any atom is 0.0248 e. The average Bonchev–Trinajstić information content (AvgIpc) is 2.34. The minimum absolute atomic E-state index is 0.636. The van der Waals surface area contributed by atoms with Crippen molar-refractivity contribution in [1.29, 1.82) is 0 Å². The molecule has 9 heavy (non-hydrogen) atoms. The highest BCUT2D eigenvalue weighted by Crippen LogP contribution is 2.05. The van der Waals surface area contributed by atoms with Crippen LogP contribution in [-0.2, 0) is 6.42 Å². The van der Waals surface area contributed by atoms with E-state index in [1.54, 1.807) is 11.3 Å². The van der Waals surface area contributed by atoms with Gasteiger partial charge in [0, 0.05) is 6.54 Å². The van der Waals surface area contributed by atoms with Gasteiger partial charge in [-0.05, 0) is 28.8 Å². The third-order valence-corrected chi connectivity index (χ3v) is 1.84. The number of hydroxylamine groups is 1. The molecular formula is C6H9NOS. The highest BCUT2D eigenvalue weighted by molar-refractivity contribution is 7.07. The molecule has 3 heteroatoms. The smallest absolute Gasteiger partial charge is 0.0248 e. The predicted molar refractivity (Wildman–Crippen MR) is 37.8 cm³/mol. The van der Waals surface area contributed by atoms with Crippen molar-refractivity contribution in [3.05, 3.63) is 22.4 Å². The third-order valence-electron chi connectivity index (χ3n) is 1.11. The zero-order valence-electron chi connectivity index (χ0n) is 5.00. The van der Waals surface area contributed by atoms with E-state index in [9.17, 15) is 0 Å². The Kier molecular flexibility index (Phi) is 2.70. The molecule has 0 radical (unpaired) electrons. The quantitative estimate of drug-likeness (QED) is 0.624. The van der Waals surface area contributed by atoms with E-state index >= 15 is 0 Å². The Hall–Kier alpha value is -0.380. The van der Waals surface area contributed by atoms with Crippen LogP contribution in [0.25, 0.3) is 0 Å². The van der Waals surface area contributed by atoms with E-state index in [4.69, 9.17) is 5.21 Å². The van der Waals surface area contributed by atoms with Gasteiger partial charge in [0.05, 0.1) is 0 Å². The lowest BCUT2D eigenvalue weighted by atomic mass is 10.2. The van der Waals surface area contributed by atoms with Gasteiger partial charge < -0.3 is 5.21 Å². The number of nitrogens with one attached hydrogen (secondary N) is 1. The van der Waals surface area contributed by atoms with Crippen molar-refractivity contribution in [2.75, 3.05) is 6.54 Å². The maximum atomic E-state index is 8.22. The van der Waals surface area contributed by atoms with Crippen molar-refractivity contribution in [3.63, 3.8) is 0 Å². The standard InChI is InChI=1S/C6H9NOS/c8-7-3-1-6-2-4-9-5-6/h2,4-5,7-8H,1,3H2. The van der Waals surface area contributed by atoms with Gasteiger partial charge in [-0.3, -0.25) is 0 Å². The molecule has 2 nitrogen and oxygen atoms in total. The third kappa shape index (κ3) is 2.13.